The van der Waals surface area contributed by atoms with E-state index in [0.717, 1.165) is 192 Å². The summed E-state index contributed by atoms with van der Waals surface area (Å²) in [5, 5.41) is 15.6. The van der Waals surface area contributed by atoms with E-state index in [0.29, 0.717) is 0 Å². The Balaban J connectivity index is 0.943. The highest BCUT2D eigenvalue weighted by atomic mass is 16.3. The minimum Gasteiger partial charge on any atom is -0.456 e. The van der Waals surface area contributed by atoms with E-state index in [1.165, 1.54) is 0 Å². The molecule has 7 heterocycles. The molecule has 0 N–H and O–H groups in total. The van der Waals surface area contributed by atoms with Gasteiger partial charge < -0.3 is 31.4 Å². The number of hydrogen-bond donors (Lipinski definition) is 0. The maximum absolute atomic E-state index is 6.75. The van der Waals surface area contributed by atoms with Gasteiger partial charge in [-0.1, -0.05) is 152 Å². The average Bonchev–Trinajstić information content (AvgIpc) is 1.61. The van der Waals surface area contributed by atoms with Gasteiger partial charge in [0.05, 0.1) is 33.1 Å². The van der Waals surface area contributed by atoms with Gasteiger partial charge in [-0.25, -0.2) is 0 Å². The fourth-order valence-corrected chi connectivity index (χ4v) is 14.6. The Morgan fingerprint density at radius 2 is 0.600 bits per heavy atom. The van der Waals surface area contributed by atoms with Crippen molar-refractivity contribution >= 4 is 153 Å². The second-order valence-electron chi connectivity index (χ2n) is 22.6. The molecule has 0 spiro atoms. The van der Waals surface area contributed by atoms with Crippen LogP contribution in [0.4, 0.5) is 0 Å². The van der Waals surface area contributed by atoms with Gasteiger partial charge in [-0.3, -0.25) is 0 Å². The summed E-state index contributed by atoms with van der Waals surface area (Å²) in [6.07, 6.45) is 0. The summed E-state index contributed by atoms with van der Waals surface area (Å²) in [5.41, 5.74) is 21.0. The van der Waals surface area contributed by atoms with Crippen molar-refractivity contribution in [3.05, 3.63) is 261 Å². The monoisotopic (exact) mass is 1090 g/mol. The van der Waals surface area contributed by atoms with Crippen LogP contribution in [0, 0.1) is 0 Å². The zero-order chi connectivity index (χ0) is 55.2. The van der Waals surface area contributed by atoms with E-state index in [-0.39, 0.29) is 0 Å². The molecule has 0 aliphatic carbocycles. The van der Waals surface area contributed by atoms with Gasteiger partial charge >= 0.3 is 0 Å². The number of benzene rings is 13. The number of rotatable bonds is 5. The molecule has 0 radical (unpaired) electrons. The molecule has 7 nitrogen and oxygen atoms in total. The van der Waals surface area contributed by atoms with E-state index in [9.17, 15) is 0 Å². The lowest BCUT2D eigenvalue weighted by molar-refractivity contribution is 0.668. The Kier molecular flexibility index (Phi) is 8.79. The van der Waals surface area contributed by atoms with Gasteiger partial charge in [0, 0.05) is 104 Å². The average molecular weight is 1090 g/mol. The highest BCUT2D eigenvalue weighted by molar-refractivity contribution is 6.32. The van der Waals surface area contributed by atoms with Gasteiger partial charge in [0.1, 0.15) is 44.7 Å². The molecule has 0 aliphatic heterocycles. The minimum atomic E-state index is 0.858. The van der Waals surface area contributed by atoms with Crippen LogP contribution in [-0.4, -0.2) is 13.7 Å². The van der Waals surface area contributed by atoms with Crippen LogP contribution in [0.5, 0.6) is 0 Å². The summed E-state index contributed by atoms with van der Waals surface area (Å²) in [7, 11) is 0. The minimum absolute atomic E-state index is 0.858. The maximum Gasteiger partial charge on any atom is 0.143 e. The van der Waals surface area contributed by atoms with Gasteiger partial charge in [0.2, 0.25) is 0 Å². The van der Waals surface area contributed by atoms with Crippen molar-refractivity contribution in [2.24, 2.45) is 0 Å². The third-order valence-electron chi connectivity index (χ3n) is 18.2. The topological polar surface area (TPSA) is 67.3 Å². The molecular weight excluding hydrogens is 1040 g/mol. The van der Waals surface area contributed by atoms with Gasteiger partial charge in [0.15, 0.2) is 0 Å². The molecule has 20 aromatic rings. The van der Waals surface area contributed by atoms with E-state index in [2.05, 4.69) is 250 Å². The Hall–Kier alpha value is -11.5. The lowest BCUT2D eigenvalue weighted by Gasteiger charge is -2.11. The Morgan fingerprint density at radius 1 is 0.212 bits per heavy atom. The van der Waals surface area contributed by atoms with Crippen LogP contribution in [0.25, 0.3) is 192 Å². The zero-order valence-corrected chi connectivity index (χ0v) is 45.3. The number of nitrogens with zero attached hydrogens (tertiary/aromatic N) is 3. The summed E-state index contributed by atoms with van der Waals surface area (Å²) in [6.45, 7) is 0. The number of fused-ring (bicyclic) bond motifs is 23. The quantitative estimate of drug-likeness (QED) is 0.172. The fourth-order valence-electron chi connectivity index (χ4n) is 14.6. The van der Waals surface area contributed by atoms with Crippen molar-refractivity contribution < 1.29 is 17.7 Å². The second-order valence-corrected chi connectivity index (χ2v) is 22.6. The van der Waals surface area contributed by atoms with Crippen LogP contribution >= 0.6 is 0 Å². The third kappa shape index (κ3) is 6.12. The molecule has 0 saturated heterocycles. The molecule has 0 saturated carbocycles. The Morgan fingerprint density at radius 3 is 1.07 bits per heavy atom. The van der Waals surface area contributed by atoms with Crippen molar-refractivity contribution in [2.45, 2.75) is 0 Å². The van der Waals surface area contributed by atoms with Gasteiger partial charge in [-0.15, -0.1) is 0 Å². The van der Waals surface area contributed by atoms with Crippen LogP contribution in [0.2, 0.25) is 0 Å². The first-order chi connectivity index (χ1) is 42.1. The van der Waals surface area contributed by atoms with Crippen LogP contribution in [0.1, 0.15) is 0 Å². The molecular formula is C78H43N3O4. The normalized spacial score (nSPS) is 12.5. The van der Waals surface area contributed by atoms with Crippen molar-refractivity contribution in [1.82, 2.24) is 13.7 Å². The second kappa shape index (κ2) is 16.6. The van der Waals surface area contributed by atoms with Crippen LogP contribution < -0.4 is 0 Å². The van der Waals surface area contributed by atoms with Gasteiger partial charge in [-0.05, 0) is 120 Å². The lowest BCUT2D eigenvalue weighted by atomic mass is 9.99. The Bertz CT molecular complexity index is 5930. The number of furan rings is 4. The predicted octanol–water partition coefficient (Wildman–Crippen LogP) is 21.9. The fraction of sp³-hybridized carbons (Fsp3) is 0. The molecule has 0 aliphatic rings. The molecule has 20 rings (SSSR count). The summed E-state index contributed by atoms with van der Waals surface area (Å²) in [6, 6.07) is 93.9. The number of para-hydroxylation sites is 7. The number of hydrogen-bond acceptors (Lipinski definition) is 4. The first-order valence-corrected chi connectivity index (χ1v) is 28.9. The van der Waals surface area contributed by atoms with Gasteiger partial charge in [0.25, 0.3) is 0 Å². The van der Waals surface area contributed by atoms with Crippen LogP contribution in [0.15, 0.2) is 279 Å². The van der Waals surface area contributed by atoms with E-state index in [1.807, 2.05) is 24.3 Å². The first-order valence-electron chi connectivity index (χ1n) is 28.9. The van der Waals surface area contributed by atoms with E-state index in [1.54, 1.807) is 0 Å². The highest BCUT2D eigenvalue weighted by Crippen LogP contribution is 2.49. The first kappa shape index (κ1) is 45.1. The summed E-state index contributed by atoms with van der Waals surface area (Å²) in [5.74, 6) is 0. The molecule has 0 fully saturated rings. The standard InChI is InChI=1S/C78H43N3O4/c1-2-14-46(15-3-1)81-75-55(32-36-65-73(75)61-40-44(49-20-12-22-57-51-16-4-10-26-69(51)84-77(49)57)28-34-63(61)79(65)47-30-38-71-59(42-47)53-18-6-8-24-67(53)82-71)56-33-37-66-74(76(56)81)62-41-45(50-21-13-23-58-52-17-5-11-27-70(52)85-78(50)58)29-35-64(62)80(66)48-31-39-72-60(43-48)54-19-7-9-25-68(54)83-72/h1-43H. The molecule has 85 heavy (non-hydrogen) atoms. The molecule has 0 amide bonds. The molecule has 0 unspecified atom stereocenters. The van der Waals surface area contributed by atoms with Crippen molar-refractivity contribution in [1.29, 1.82) is 0 Å². The lowest BCUT2D eigenvalue weighted by Crippen LogP contribution is -1.96. The predicted molar refractivity (Wildman–Crippen MR) is 349 cm³/mol. The number of aromatic nitrogens is 3. The van der Waals surface area contributed by atoms with Crippen LogP contribution in [0.3, 0.4) is 0 Å². The van der Waals surface area contributed by atoms with Crippen molar-refractivity contribution in [3.63, 3.8) is 0 Å². The summed E-state index contributed by atoms with van der Waals surface area (Å²) < 4.78 is 33.8. The summed E-state index contributed by atoms with van der Waals surface area (Å²) in [4.78, 5) is 0. The largest absolute Gasteiger partial charge is 0.456 e. The third-order valence-corrected chi connectivity index (χ3v) is 18.2. The molecule has 7 heteroatoms. The van der Waals surface area contributed by atoms with Crippen molar-refractivity contribution in [3.8, 4) is 39.3 Å². The highest BCUT2D eigenvalue weighted by Gasteiger charge is 2.27. The SMILES string of the molecule is c1ccc(-n2c3c(ccc4c3c3cc(-c5cccc6c5oc5ccccc56)ccc3n4-c3ccc4oc5ccccc5c4c3)c3ccc4c(c5cc(-c6cccc7c6oc6ccccc67)ccc5n4-c4ccc5oc6ccccc6c5c4)c32)cc1. The molecule has 394 valence electrons. The van der Waals surface area contributed by atoms with Crippen LogP contribution in [-0.2, 0) is 0 Å². The Labute approximate surface area is 482 Å². The van der Waals surface area contributed by atoms with E-state index >= 15 is 0 Å². The zero-order valence-electron chi connectivity index (χ0n) is 45.3. The van der Waals surface area contributed by atoms with Crippen molar-refractivity contribution in [2.75, 3.05) is 0 Å². The van der Waals surface area contributed by atoms with E-state index in [4.69, 9.17) is 17.7 Å². The van der Waals surface area contributed by atoms with E-state index < -0.39 is 0 Å². The molecule has 0 bridgehead atoms. The van der Waals surface area contributed by atoms with Gasteiger partial charge in [-0.2, -0.15) is 0 Å². The maximum atomic E-state index is 6.75. The summed E-state index contributed by atoms with van der Waals surface area (Å²) >= 11 is 0. The molecule has 0 atom stereocenters. The smallest absolute Gasteiger partial charge is 0.143 e. The molecule has 13 aromatic carbocycles. The molecule has 7 aromatic heterocycles.